The Balaban J connectivity index is 1.69. The van der Waals surface area contributed by atoms with Gasteiger partial charge in [-0.1, -0.05) is 40.2 Å². The molecule has 160 valence electrons. The third kappa shape index (κ3) is 3.39. The SMILES string of the molecule is Cc1cc(C)c(O)c(-c2n[nH]c3c2[C@H](c2ccc(Br)cc2)N(Cc2cccnc2)C3=O)c1. The number of phenolic OH excluding ortho intramolecular Hbond substituents is 1. The van der Waals surface area contributed by atoms with E-state index in [2.05, 4.69) is 31.1 Å². The number of aromatic hydroxyl groups is 1. The minimum Gasteiger partial charge on any atom is -0.507 e. The first-order valence-corrected chi connectivity index (χ1v) is 11.1. The molecular weight excluding hydrogens is 468 g/mol. The Morgan fingerprint density at radius 1 is 1.16 bits per heavy atom. The Labute approximate surface area is 194 Å². The molecular formula is C25H21BrN4O2. The van der Waals surface area contributed by atoms with Crippen LogP contribution in [0.3, 0.4) is 0 Å². The quantitative estimate of drug-likeness (QED) is 0.408. The Hall–Kier alpha value is -3.45. The Kier molecular flexibility index (Phi) is 5.06. The lowest BCUT2D eigenvalue weighted by molar-refractivity contribution is 0.0730. The van der Waals surface area contributed by atoms with Gasteiger partial charge in [-0.2, -0.15) is 5.10 Å². The van der Waals surface area contributed by atoms with E-state index in [0.29, 0.717) is 23.5 Å². The van der Waals surface area contributed by atoms with Crippen molar-refractivity contribution in [2.75, 3.05) is 0 Å². The molecule has 0 saturated carbocycles. The van der Waals surface area contributed by atoms with Gasteiger partial charge in [0.15, 0.2) is 0 Å². The molecule has 0 aliphatic carbocycles. The lowest BCUT2D eigenvalue weighted by atomic mass is 9.94. The zero-order valence-corrected chi connectivity index (χ0v) is 19.2. The van der Waals surface area contributed by atoms with Crippen LogP contribution in [0.1, 0.15) is 44.3 Å². The van der Waals surface area contributed by atoms with Gasteiger partial charge in [0.05, 0.1) is 6.04 Å². The maximum absolute atomic E-state index is 13.5. The molecule has 1 aliphatic rings. The Bertz CT molecular complexity index is 1320. The molecule has 0 radical (unpaired) electrons. The van der Waals surface area contributed by atoms with Crippen LogP contribution in [0.15, 0.2) is 65.4 Å². The summed E-state index contributed by atoms with van der Waals surface area (Å²) >= 11 is 3.50. The number of hydrogen-bond donors (Lipinski definition) is 2. The van der Waals surface area contributed by atoms with E-state index in [9.17, 15) is 9.90 Å². The van der Waals surface area contributed by atoms with E-state index in [0.717, 1.165) is 32.3 Å². The number of benzene rings is 2. The molecule has 0 bridgehead atoms. The number of rotatable bonds is 4. The summed E-state index contributed by atoms with van der Waals surface area (Å²) in [5, 5.41) is 18.3. The molecule has 6 nitrogen and oxygen atoms in total. The highest BCUT2D eigenvalue weighted by molar-refractivity contribution is 9.10. The molecule has 0 saturated heterocycles. The zero-order chi connectivity index (χ0) is 22.4. The fourth-order valence-electron chi connectivity index (χ4n) is 4.39. The number of pyridine rings is 1. The molecule has 7 heteroatoms. The van der Waals surface area contributed by atoms with Crippen molar-refractivity contribution < 1.29 is 9.90 Å². The summed E-state index contributed by atoms with van der Waals surface area (Å²) < 4.78 is 0.962. The fraction of sp³-hybridized carbons (Fsp3) is 0.160. The van der Waals surface area contributed by atoms with Crippen molar-refractivity contribution in [1.29, 1.82) is 0 Å². The van der Waals surface area contributed by atoms with Crippen LogP contribution in [-0.2, 0) is 6.54 Å². The lowest BCUT2D eigenvalue weighted by Gasteiger charge is -2.26. The molecule has 0 spiro atoms. The molecule has 2 aromatic heterocycles. The minimum absolute atomic E-state index is 0.126. The summed E-state index contributed by atoms with van der Waals surface area (Å²) in [6.07, 6.45) is 3.49. The van der Waals surface area contributed by atoms with Crippen LogP contribution in [0, 0.1) is 13.8 Å². The van der Waals surface area contributed by atoms with E-state index in [1.54, 1.807) is 12.4 Å². The number of fused-ring (bicyclic) bond motifs is 1. The minimum atomic E-state index is -0.347. The van der Waals surface area contributed by atoms with Crippen molar-refractivity contribution in [2.45, 2.75) is 26.4 Å². The van der Waals surface area contributed by atoms with Crippen molar-refractivity contribution in [2.24, 2.45) is 0 Å². The van der Waals surface area contributed by atoms with Gasteiger partial charge in [0.25, 0.3) is 5.91 Å². The third-order valence-electron chi connectivity index (χ3n) is 5.83. The van der Waals surface area contributed by atoms with Crippen molar-refractivity contribution >= 4 is 21.8 Å². The van der Waals surface area contributed by atoms with E-state index in [1.807, 2.05) is 67.3 Å². The standard InChI is InChI=1S/C25H21BrN4O2/c1-14-10-15(2)24(31)19(11-14)21-20-22(29-28-21)25(32)30(13-16-4-3-9-27-12-16)23(20)17-5-7-18(26)8-6-17/h3-12,23,31H,13H2,1-2H3,(H,28,29)/t23-/m0/s1. The molecule has 2 N–H and O–H groups in total. The second-order valence-electron chi connectivity index (χ2n) is 8.09. The number of amides is 1. The number of nitrogens with one attached hydrogen (secondary N) is 1. The molecule has 1 aliphatic heterocycles. The average molecular weight is 489 g/mol. The summed E-state index contributed by atoms with van der Waals surface area (Å²) in [5.74, 6) is 0.0528. The van der Waals surface area contributed by atoms with Crippen molar-refractivity contribution in [3.05, 3.63) is 98.9 Å². The molecule has 32 heavy (non-hydrogen) atoms. The van der Waals surface area contributed by atoms with Gasteiger partial charge in [-0.25, -0.2) is 0 Å². The van der Waals surface area contributed by atoms with Crippen LogP contribution in [0.5, 0.6) is 5.75 Å². The summed E-state index contributed by atoms with van der Waals surface area (Å²) in [4.78, 5) is 19.5. The predicted octanol–water partition coefficient (Wildman–Crippen LogP) is 5.30. The van der Waals surface area contributed by atoms with E-state index < -0.39 is 0 Å². The number of aromatic nitrogens is 3. The number of phenols is 1. The van der Waals surface area contributed by atoms with Gasteiger partial charge < -0.3 is 10.0 Å². The van der Waals surface area contributed by atoms with Crippen LogP contribution < -0.4 is 0 Å². The van der Waals surface area contributed by atoms with Gasteiger partial charge in [0, 0.05) is 34.5 Å². The summed E-state index contributed by atoms with van der Waals surface area (Å²) in [6, 6.07) is 15.3. The van der Waals surface area contributed by atoms with Crippen molar-refractivity contribution in [1.82, 2.24) is 20.1 Å². The van der Waals surface area contributed by atoms with E-state index in [4.69, 9.17) is 0 Å². The van der Waals surface area contributed by atoms with Crippen LogP contribution in [0.4, 0.5) is 0 Å². The smallest absolute Gasteiger partial charge is 0.273 e. The monoisotopic (exact) mass is 488 g/mol. The maximum atomic E-state index is 13.5. The second-order valence-corrected chi connectivity index (χ2v) is 9.00. The van der Waals surface area contributed by atoms with Gasteiger partial charge in [0.2, 0.25) is 0 Å². The number of hydrogen-bond acceptors (Lipinski definition) is 4. The number of halogens is 1. The van der Waals surface area contributed by atoms with Crippen LogP contribution in [0.2, 0.25) is 0 Å². The van der Waals surface area contributed by atoms with E-state index in [1.165, 1.54) is 0 Å². The molecule has 1 amide bonds. The first-order chi connectivity index (χ1) is 15.4. The number of carbonyl (C=O) groups excluding carboxylic acids is 1. The van der Waals surface area contributed by atoms with Crippen LogP contribution in [0.25, 0.3) is 11.3 Å². The predicted molar refractivity (Wildman–Crippen MR) is 125 cm³/mol. The van der Waals surface area contributed by atoms with Crippen molar-refractivity contribution in [3.8, 4) is 17.0 Å². The van der Waals surface area contributed by atoms with Gasteiger partial charge in [-0.05, 0) is 60.4 Å². The van der Waals surface area contributed by atoms with Crippen LogP contribution >= 0.6 is 15.9 Å². The Morgan fingerprint density at radius 2 is 1.94 bits per heavy atom. The number of aromatic amines is 1. The largest absolute Gasteiger partial charge is 0.507 e. The average Bonchev–Trinajstić information content (AvgIpc) is 3.32. The highest BCUT2D eigenvalue weighted by atomic mass is 79.9. The number of carbonyl (C=O) groups is 1. The summed E-state index contributed by atoms with van der Waals surface area (Å²) in [5.41, 5.74) is 6.15. The first-order valence-electron chi connectivity index (χ1n) is 10.3. The molecule has 3 heterocycles. The molecule has 4 aromatic rings. The lowest BCUT2D eigenvalue weighted by Crippen LogP contribution is -2.29. The molecule has 1 atom stereocenters. The molecule has 2 aromatic carbocycles. The number of nitrogens with zero attached hydrogens (tertiary/aromatic N) is 3. The fourth-order valence-corrected chi connectivity index (χ4v) is 4.65. The molecule has 0 fully saturated rings. The summed E-state index contributed by atoms with van der Waals surface area (Å²) in [7, 11) is 0. The zero-order valence-electron chi connectivity index (χ0n) is 17.6. The van der Waals surface area contributed by atoms with Gasteiger partial charge in [-0.3, -0.25) is 14.9 Å². The number of aryl methyl sites for hydroxylation is 2. The number of H-pyrrole nitrogens is 1. The van der Waals surface area contributed by atoms with Gasteiger partial charge in [-0.15, -0.1) is 0 Å². The maximum Gasteiger partial charge on any atom is 0.273 e. The highest BCUT2D eigenvalue weighted by Gasteiger charge is 2.42. The summed E-state index contributed by atoms with van der Waals surface area (Å²) in [6.45, 7) is 4.26. The van der Waals surface area contributed by atoms with Gasteiger partial charge in [0.1, 0.15) is 17.1 Å². The van der Waals surface area contributed by atoms with E-state index in [-0.39, 0.29) is 17.7 Å². The molecule has 5 rings (SSSR count). The Morgan fingerprint density at radius 3 is 2.66 bits per heavy atom. The van der Waals surface area contributed by atoms with Gasteiger partial charge >= 0.3 is 0 Å². The highest BCUT2D eigenvalue weighted by Crippen LogP contribution is 2.45. The normalized spacial score (nSPS) is 15.3. The van der Waals surface area contributed by atoms with Crippen molar-refractivity contribution in [3.63, 3.8) is 0 Å². The van der Waals surface area contributed by atoms with E-state index >= 15 is 0 Å². The molecule has 0 unspecified atom stereocenters. The third-order valence-corrected chi connectivity index (χ3v) is 6.35. The van der Waals surface area contributed by atoms with Crippen LogP contribution in [-0.4, -0.2) is 31.1 Å². The second kappa shape index (κ2) is 7.91. The first kappa shape index (κ1) is 20.5. The topological polar surface area (TPSA) is 82.1 Å².